The second-order valence-electron chi connectivity index (χ2n) is 7.90. The molecule has 1 atom stereocenters. The van der Waals surface area contributed by atoms with Crippen LogP contribution in [0.1, 0.15) is 30.1 Å². The lowest BCUT2D eigenvalue weighted by atomic mass is 10.0. The Morgan fingerprint density at radius 3 is 2.60 bits per heavy atom. The lowest BCUT2D eigenvalue weighted by Gasteiger charge is -2.16. The Morgan fingerprint density at radius 2 is 1.89 bits per heavy atom. The third-order valence-electron chi connectivity index (χ3n) is 5.37. The van der Waals surface area contributed by atoms with Crippen molar-refractivity contribution < 1.29 is 14.5 Å². The van der Waals surface area contributed by atoms with Crippen LogP contribution in [0.3, 0.4) is 0 Å². The Hall–Kier alpha value is -4.18. The Balaban J connectivity index is 1.45. The zero-order valence-electron chi connectivity index (χ0n) is 19.3. The topological polar surface area (TPSA) is 109 Å². The van der Waals surface area contributed by atoms with Gasteiger partial charge in [-0.25, -0.2) is 4.98 Å². The highest BCUT2D eigenvalue weighted by molar-refractivity contribution is 7.14. The summed E-state index contributed by atoms with van der Waals surface area (Å²) in [6, 6.07) is 12.7. The van der Waals surface area contributed by atoms with E-state index >= 15 is 0 Å². The van der Waals surface area contributed by atoms with Crippen LogP contribution in [0.4, 0.5) is 5.13 Å². The summed E-state index contributed by atoms with van der Waals surface area (Å²) in [5.74, 6) is -0.765. The summed E-state index contributed by atoms with van der Waals surface area (Å²) in [5, 5.41) is 7.92. The zero-order chi connectivity index (χ0) is 24.8. The molecule has 0 radical (unpaired) electrons. The molecule has 0 saturated carbocycles. The van der Waals surface area contributed by atoms with Gasteiger partial charge in [0.1, 0.15) is 10.9 Å². The van der Waals surface area contributed by atoms with Crippen molar-refractivity contribution in [3.8, 4) is 22.4 Å². The van der Waals surface area contributed by atoms with Crippen molar-refractivity contribution in [3.05, 3.63) is 83.1 Å². The number of pyridine rings is 1. The van der Waals surface area contributed by atoms with E-state index in [0.717, 1.165) is 22.4 Å². The Kier molecular flexibility index (Phi) is 7.41. The lowest BCUT2D eigenvalue weighted by Crippen LogP contribution is -2.43. The van der Waals surface area contributed by atoms with Gasteiger partial charge in [-0.15, -0.1) is 11.3 Å². The van der Waals surface area contributed by atoms with Crippen molar-refractivity contribution in [3.63, 3.8) is 0 Å². The molecule has 4 aromatic rings. The molecule has 0 saturated heterocycles. The monoisotopic (exact) mass is 489 g/mol. The van der Waals surface area contributed by atoms with Gasteiger partial charge >= 0.3 is 0 Å². The van der Waals surface area contributed by atoms with Crippen LogP contribution in [-0.2, 0) is 4.79 Å². The molecule has 9 nitrogen and oxygen atoms in total. The Labute approximate surface area is 206 Å². The average molecular weight is 490 g/mol. The van der Waals surface area contributed by atoms with Crippen molar-refractivity contribution in [2.45, 2.75) is 25.8 Å². The molecule has 3 heterocycles. The largest absolute Gasteiger partial charge is 0.340 e. The number of benzene rings is 1. The molecule has 0 unspecified atom stereocenters. The van der Waals surface area contributed by atoms with Crippen LogP contribution in [0.25, 0.3) is 22.4 Å². The third kappa shape index (κ3) is 5.85. The van der Waals surface area contributed by atoms with Gasteiger partial charge in [-0.1, -0.05) is 36.2 Å². The van der Waals surface area contributed by atoms with Crippen molar-refractivity contribution >= 4 is 28.3 Å². The minimum Gasteiger partial charge on any atom is -0.340 e. The minimum absolute atomic E-state index is 0.298. The van der Waals surface area contributed by atoms with Crippen molar-refractivity contribution in [1.29, 1.82) is 0 Å². The number of aromatic nitrogens is 3. The molecule has 35 heavy (non-hydrogen) atoms. The van der Waals surface area contributed by atoms with Crippen LogP contribution in [0.2, 0.25) is 0 Å². The number of nitrogens with one attached hydrogen (secondary N) is 2. The number of hydrogen-bond donors (Lipinski definition) is 2. The van der Waals surface area contributed by atoms with Crippen molar-refractivity contribution in [2.24, 2.45) is 0 Å². The molecular formula is C25H25N6O3S+. The number of thiazole rings is 1. The van der Waals surface area contributed by atoms with Crippen molar-refractivity contribution in [2.75, 3.05) is 12.4 Å². The molecular weight excluding hydrogens is 464 g/mol. The molecule has 10 heteroatoms. The number of carbonyl (C=O) groups is 2. The standard InChI is InChI=1S/C25H24N6O3S/c1-3-5-21(27-23(32)20-10-13-31(15-20)30(2)34)24(33)29-25-28-22(16-35-25)19-7-4-6-18(14-19)17-8-11-26-12-9-17/h4,6-16,21H,3,5H2,1-2H3,(H-,27,28,29,32,33)/p+1/t21-/m0/s1. The first-order valence-corrected chi connectivity index (χ1v) is 12.0. The molecule has 0 spiro atoms. The number of nitrogens with zero attached hydrogens (tertiary/aromatic N) is 4. The van der Waals surface area contributed by atoms with Crippen LogP contribution >= 0.6 is 11.3 Å². The molecule has 3 aromatic heterocycles. The highest BCUT2D eigenvalue weighted by Crippen LogP contribution is 2.28. The predicted molar refractivity (Wildman–Crippen MR) is 135 cm³/mol. The van der Waals surface area contributed by atoms with Gasteiger partial charge in [-0.3, -0.25) is 14.6 Å². The highest BCUT2D eigenvalue weighted by atomic mass is 32.1. The number of hydrogen-bond acceptors (Lipinski definition) is 6. The normalized spacial score (nSPS) is 11.6. The second-order valence-corrected chi connectivity index (χ2v) is 8.76. The van der Waals surface area contributed by atoms with E-state index in [9.17, 15) is 14.5 Å². The molecule has 0 aliphatic carbocycles. The fourth-order valence-electron chi connectivity index (χ4n) is 3.55. The third-order valence-corrected chi connectivity index (χ3v) is 6.13. The van der Waals surface area contributed by atoms with Crippen LogP contribution in [0, 0.1) is 4.91 Å². The minimum atomic E-state index is -0.733. The van der Waals surface area contributed by atoms with Gasteiger partial charge in [0.25, 0.3) is 5.91 Å². The molecule has 2 N–H and O–H groups in total. The van der Waals surface area contributed by atoms with Gasteiger partial charge in [0.15, 0.2) is 5.13 Å². The second kappa shape index (κ2) is 10.8. The molecule has 2 amide bonds. The summed E-state index contributed by atoms with van der Waals surface area (Å²) in [6.07, 6.45) is 7.57. The van der Waals surface area contributed by atoms with E-state index in [1.54, 1.807) is 12.4 Å². The SMILES string of the molecule is CCC[C@H](NC(=O)c1ccn([N+](C)=O)c1)C(=O)Nc1nc(-c2cccc(-c3ccncc3)c2)cs1. The van der Waals surface area contributed by atoms with E-state index in [1.807, 2.05) is 48.7 Å². The predicted octanol–water partition coefficient (Wildman–Crippen LogP) is 4.38. The van der Waals surface area contributed by atoms with Crippen LogP contribution in [0.15, 0.2) is 72.6 Å². The molecule has 0 aliphatic heterocycles. The van der Waals surface area contributed by atoms with E-state index in [4.69, 9.17) is 0 Å². The average Bonchev–Trinajstić information content (AvgIpc) is 3.55. The van der Waals surface area contributed by atoms with Gasteiger partial charge in [0.2, 0.25) is 13.0 Å². The molecule has 0 fully saturated rings. The van der Waals surface area contributed by atoms with Gasteiger partial charge in [0.05, 0.1) is 28.6 Å². The summed E-state index contributed by atoms with van der Waals surface area (Å²) in [4.78, 5) is 46.2. The maximum absolute atomic E-state index is 12.9. The van der Waals surface area contributed by atoms with E-state index < -0.39 is 11.9 Å². The quantitative estimate of drug-likeness (QED) is 0.339. The fraction of sp³-hybridized carbons (Fsp3) is 0.200. The summed E-state index contributed by atoms with van der Waals surface area (Å²) >= 11 is 1.32. The number of anilines is 1. The maximum atomic E-state index is 12.9. The molecule has 0 aliphatic rings. The first kappa shape index (κ1) is 24.0. The number of carbonyl (C=O) groups excluding carboxylic acids is 2. The highest BCUT2D eigenvalue weighted by Gasteiger charge is 2.23. The fourth-order valence-corrected chi connectivity index (χ4v) is 4.28. The summed E-state index contributed by atoms with van der Waals surface area (Å²) in [5.41, 5.74) is 4.09. The maximum Gasteiger partial charge on any atom is 0.253 e. The molecule has 1 aromatic carbocycles. The van der Waals surface area contributed by atoms with Gasteiger partial charge in [-0.05, 0) is 41.8 Å². The Bertz CT molecular complexity index is 1350. The summed E-state index contributed by atoms with van der Waals surface area (Å²) in [7, 11) is 1.33. The molecule has 178 valence electrons. The van der Waals surface area contributed by atoms with Gasteiger partial charge in [-0.2, -0.15) is 0 Å². The molecule has 4 rings (SSSR count). The van der Waals surface area contributed by atoms with E-state index in [0.29, 0.717) is 28.4 Å². The van der Waals surface area contributed by atoms with Crippen LogP contribution in [0.5, 0.6) is 0 Å². The number of nitroso groups, excluding NO2 is 1. The Morgan fingerprint density at radius 1 is 1.11 bits per heavy atom. The first-order chi connectivity index (χ1) is 16.9. The number of amides is 2. The van der Waals surface area contributed by atoms with Crippen LogP contribution in [-0.4, -0.2) is 44.4 Å². The lowest BCUT2D eigenvalue weighted by molar-refractivity contribution is -0.578. The van der Waals surface area contributed by atoms with Gasteiger partial charge < -0.3 is 10.6 Å². The summed E-state index contributed by atoms with van der Waals surface area (Å²) in [6.45, 7) is 1.94. The number of rotatable bonds is 9. The van der Waals surface area contributed by atoms with E-state index in [-0.39, 0.29) is 5.91 Å². The smallest absolute Gasteiger partial charge is 0.253 e. The first-order valence-electron chi connectivity index (χ1n) is 11.1. The summed E-state index contributed by atoms with van der Waals surface area (Å²) < 4.78 is 1.24. The van der Waals surface area contributed by atoms with Crippen molar-refractivity contribution in [1.82, 2.24) is 20.0 Å². The van der Waals surface area contributed by atoms with E-state index in [1.165, 1.54) is 41.5 Å². The zero-order valence-corrected chi connectivity index (χ0v) is 20.2. The van der Waals surface area contributed by atoms with Crippen LogP contribution < -0.4 is 10.6 Å². The van der Waals surface area contributed by atoms with Gasteiger partial charge in [0, 0.05) is 23.3 Å². The van der Waals surface area contributed by atoms with E-state index in [2.05, 4.69) is 20.6 Å². The molecule has 0 bridgehead atoms.